The third-order valence-electron chi connectivity index (χ3n) is 9.34. The van der Waals surface area contributed by atoms with Crippen LogP contribution in [0.5, 0.6) is 0 Å². The van der Waals surface area contributed by atoms with Crippen LogP contribution in [0.4, 0.5) is 0 Å². The third kappa shape index (κ3) is 4.01. The highest BCUT2D eigenvalue weighted by Gasteiger charge is 2.20. The van der Waals surface area contributed by atoms with Gasteiger partial charge in [-0.2, -0.15) is 9.97 Å². The first-order valence-corrected chi connectivity index (χ1v) is 16.1. The Hall–Kier alpha value is -6.59. The molecule has 224 valence electrons. The molecule has 0 fully saturated rings. The lowest BCUT2D eigenvalue weighted by molar-refractivity contribution is 0.954. The van der Waals surface area contributed by atoms with Gasteiger partial charge in [0.1, 0.15) is 0 Å². The highest BCUT2D eigenvalue weighted by molar-refractivity contribution is 6.22. The standard InChI is InChI=1S/C43H27N5/c1-4-14-28(15-5-1)41-44-42(29-16-6-2-7-17-29)46-43(45-41)48-38-23-13-11-21-33(38)36-26-30-24-25-34-32-20-10-12-22-37(32)47(31-18-8-3-9-19-31)40(34)35(30)27-39(36)48/h1-27H. The van der Waals surface area contributed by atoms with E-state index in [1.165, 1.54) is 32.6 Å². The van der Waals surface area contributed by atoms with Gasteiger partial charge in [0.05, 0.1) is 22.1 Å². The smallest absolute Gasteiger partial charge is 0.238 e. The Morgan fingerprint density at radius 1 is 0.354 bits per heavy atom. The number of rotatable bonds is 4. The number of fused-ring (bicyclic) bond motifs is 8. The van der Waals surface area contributed by atoms with Gasteiger partial charge in [0.15, 0.2) is 11.6 Å². The molecular weight excluding hydrogens is 587 g/mol. The predicted molar refractivity (Wildman–Crippen MR) is 197 cm³/mol. The number of hydrogen-bond donors (Lipinski definition) is 0. The van der Waals surface area contributed by atoms with Gasteiger partial charge in [0.25, 0.3) is 0 Å². The maximum atomic E-state index is 5.15. The molecule has 0 atom stereocenters. The minimum atomic E-state index is 0.587. The lowest BCUT2D eigenvalue weighted by atomic mass is 10.0. The predicted octanol–water partition coefficient (Wildman–Crippen LogP) is 10.6. The van der Waals surface area contributed by atoms with Crippen LogP contribution in [-0.2, 0) is 0 Å². The molecule has 0 aliphatic carbocycles. The van der Waals surface area contributed by atoms with Gasteiger partial charge in [0, 0.05) is 43.7 Å². The lowest BCUT2D eigenvalue weighted by Gasteiger charge is -2.12. The van der Waals surface area contributed by atoms with Crippen LogP contribution in [0.2, 0.25) is 0 Å². The van der Waals surface area contributed by atoms with Gasteiger partial charge in [-0.15, -0.1) is 0 Å². The molecule has 0 aliphatic rings. The van der Waals surface area contributed by atoms with Crippen molar-refractivity contribution in [3.8, 4) is 34.4 Å². The highest BCUT2D eigenvalue weighted by Crippen LogP contribution is 2.40. The van der Waals surface area contributed by atoms with E-state index in [9.17, 15) is 0 Å². The Morgan fingerprint density at radius 3 is 1.54 bits per heavy atom. The molecule has 0 N–H and O–H groups in total. The molecule has 10 aromatic rings. The summed E-state index contributed by atoms with van der Waals surface area (Å²) in [6, 6.07) is 57.3. The van der Waals surface area contributed by atoms with E-state index in [1.807, 2.05) is 60.7 Å². The summed E-state index contributed by atoms with van der Waals surface area (Å²) < 4.78 is 4.61. The van der Waals surface area contributed by atoms with E-state index in [0.717, 1.165) is 38.6 Å². The molecule has 0 amide bonds. The van der Waals surface area contributed by atoms with Crippen LogP contribution in [0.25, 0.3) is 88.8 Å². The Labute approximate surface area is 276 Å². The molecule has 0 aliphatic heterocycles. The number of nitrogens with zero attached hydrogens (tertiary/aromatic N) is 5. The maximum absolute atomic E-state index is 5.15. The monoisotopic (exact) mass is 613 g/mol. The average Bonchev–Trinajstić information content (AvgIpc) is 3.67. The van der Waals surface area contributed by atoms with Gasteiger partial charge in [-0.25, -0.2) is 4.98 Å². The molecule has 3 heterocycles. The molecule has 0 saturated heterocycles. The summed E-state index contributed by atoms with van der Waals surface area (Å²) in [6.07, 6.45) is 0. The first-order chi connectivity index (χ1) is 23.8. The first kappa shape index (κ1) is 26.6. The van der Waals surface area contributed by atoms with Crippen LogP contribution < -0.4 is 0 Å². The molecule has 0 radical (unpaired) electrons. The molecule has 0 spiro atoms. The Morgan fingerprint density at radius 2 is 0.896 bits per heavy atom. The first-order valence-electron chi connectivity index (χ1n) is 16.1. The van der Waals surface area contributed by atoms with Crippen molar-refractivity contribution in [1.82, 2.24) is 24.1 Å². The average molecular weight is 614 g/mol. The quantitative estimate of drug-likeness (QED) is 0.198. The number of para-hydroxylation sites is 3. The zero-order valence-electron chi connectivity index (χ0n) is 25.8. The fourth-order valence-corrected chi connectivity index (χ4v) is 7.21. The van der Waals surface area contributed by atoms with Gasteiger partial charge < -0.3 is 4.57 Å². The van der Waals surface area contributed by atoms with Crippen LogP contribution in [0.15, 0.2) is 164 Å². The van der Waals surface area contributed by atoms with E-state index in [0.29, 0.717) is 17.6 Å². The Bertz CT molecular complexity index is 2760. The molecule has 0 bridgehead atoms. The molecular formula is C43H27N5. The SMILES string of the molecule is c1ccc(-c2nc(-c3ccccc3)nc(-n3c4ccccc4c4cc5ccc6c7ccccc7n(-c7ccccc7)c6c5cc43)n2)cc1. The molecule has 10 rings (SSSR count). The van der Waals surface area contributed by atoms with Crippen LogP contribution in [-0.4, -0.2) is 24.1 Å². The van der Waals surface area contributed by atoms with Crippen molar-refractivity contribution in [2.75, 3.05) is 0 Å². The largest absolute Gasteiger partial charge is 0.309 e. The van der Waals surface area contributed by atoms with E-state index in [1.54, 1.807) is 0 Å². The number of hydrogen-bond acceptors (Lipinski definition) is 3. The van der Waals surface area contributed by atoms with Gasteiger partial charge in [-0.3, -0.25) is 4.57 Å². The van der Waals surface area contributed by atoms with Crippen LogP contribution in [0.3, 0.4) is 0 Å². The topological polar surface area (TPSA) is 48.5 Å². The maximum Gasteiger partial charge on any atom is 0.238 e. The van der Waals surface area contributed by atoms with Gasteiger partial charge in [-0.1, -0.05) is 127 Å². The molecule has 5 nitrogen and oxygen atoms in total. The minimum Gasteiger partial charge on any atom is -0.309 e. The lowest BCUT2D eigenvalue weighted by Crippen LogP contribution is -2.06. The second kappa shape index (κ2) is 10.5. The zero-order chi connectivity index (χ0) is 31.6. The normalized spacial score (nSPS) is 11.8. The molecule has 0 unspecified atom stereocenters. The fraction of sp³-hybridized carbons (Fsp3) is 0. The molecule has 3 aromatic heterocycles. The van der Waals surface area contributed by atoms with Crippen molar-refractivity contribution < 1.29 is 0 Å². The Kier molecular flexibility index (Phi) is 5.81. The number of benzene rings is 7. The minimum absolute atomic E-state index is 0.587. The van der Waals surface area contributed by atoms with Crippen molar-refractivity contribution in [2.24, 2.45) is 0 Å². The summed E-state index contributed by atoms with van der Waals surface area (Å²) in [7, 11) is 0. The summed E-state index contributed by atoms with van der Waals surface area (Å²) in [6.45, 7) is 0. The molecule has 5 heteroatoms. The van der Waals surface area contributed by atoms with Crippen LogP contribution >= 0.6 is 0 Å². The van der Waals surface area contributed by atoms with E-state index in [4.69, 9.17) is 15.0 Å². The summed E-state index contributed by atoms with van der Waals surface area (Å²) in [5.41, 5.74) is 7.48. The summed E-state index contributed by atoms with van der Waals surface area (Å²) >= 11 is 0. The zero-order valence-corrected chi connectivity index (χ0v) is 25.8. The highest BCUT2D eigenvalue weighted by atomic mass is 15.2. The molecule has 48 heavy (non-hydrogen) atoms. The second-order valence-electron chi connectivity index (χ2n) is 12.1. The van der Waals surface area contributed by atoms with Crippen molar-refractivity contribution in [3.63, 3.8) is 0 Å². The summed E-state index contributed by atoms with van der Waals surface area (Å²) in [4.78, 5) is 15.3. The Balaban J connectivity index is 1.34. The fourth-order valence-electron chi connectivity index (χ4n) is 7.21. The molecule has 7 aromatic carbocycles. The second-order valence-corrected chi connectivity index (χ2v) is 12.1. The van der Waals surface area contributed by atoms with Gasteiger partial charge >= 0.3 is 0 Å². The van der Waals surface area contributed by atoms with E-state index >= 15 is 0 Å². The van der Waals surface area contributed by atoms with Crippen LogP contribution in [0.1, 0.15) is 0 Å². The van der Waals surface area contributed by atoms with Gasteiger partial charge in [0.2, 0.25) is 5.95 Å². The third-order valence-corrected chi connectivity index (χ3v) is 9.34. The van der Waals surface area contributed by atoms with Crippen molar-refractivity contribution in [3.05, 3.63) is 164 Å². The van der Waals surface area contributed by atoms with Crippen LogP contribution in [0, 0.1) is 0 Å². The van der Waals surface area contributed by atoms with Crippen molar-refractivity contribution >= 4 is 54.4 Å². The van der Waals surface area contributed by atoms with Crippen molar-refractivity contribution in [2.45, 2.75) is 0 Å². The summed E-state index contributed by atoms with van der Waals surface area (Å²) in [5.74, 6) is 1.86. The van der Waals surface area contributed by atoms with E-state index in [2.05, 4.69) is 112 Å². The van der Waals surface area contributed by atoms with Crippen molar-refractivity contribution in [1.29, 1.82) is 0 Å². The van der Waals surface area contributed by atoms with E-state index in [-0.39, 0.29) is 0 Å². The van der Waals surface area contributed by atoms with E-state index < -0.39 is 0 Å². The number of aromatic nitrogens is 5. The van der Waals surface area contributed by atoms with Gasteiger partial charge in [-0.05, 0) is 41.8 Å². The summed E-state index contributed by atoms with van der Waals surface area (Å²) in [5, 5.41) is 7.12. The molecule has 0 saturated carbocycles.